The third-order valence-electron chi connectivity index (χ3n) is 4.60. The lowest BCUT2D eigenvalue weighted by molar-refractivity contribution is -0.140. The molecule has 5 heteroatoms. The summed E-state index contributed by atoms with van der Waals surface area (Å²) in [7, 11) is 1.56. The standard InChI is InChI=1S/C25H30O5/c1-7-29-21-14-8-18(16-22(21)28-6)9-15-23(26)30-17(2)24(27)19-10-12-20(13-11-19)25(3,4)5/h8-17H,7H2,1-6H3/b15-9+/t17-/m1/s1. The Balaban J connectivity index is 2.00. The molecule has 0 N–H and O–H groups in total. The van der Waals surface area contributed by atoms with E-state index in [9.17, 15) is 9.59 Å². The summed E-state index contributed by atoms with van der Waals surface area (Å²) in [4.78, 5) is 24.7. The summed E-state index contributed by atoms with van der Waals surface area (Å²) in [6.07, 6.45) is 2.02. The molecule has 0 saturated heterocycles. The smallest absolute Gasteiger partial charge is 0.331 e. The molecule has 0 spiro atoms. The highest BCUT2D eigenvalue weighted by Gasteiger charge is 2.20. The Labute approximate surface area is 178 Å². The van der Waals surface area contributed by atoms with E-state index in [0.29, 0.717) is 23.7 Å². The van der Waals surface area contributed by atoms with Crippen LogP contribution in [-0.2, 0) is 14.9 Å². The maximum Gasteiger partial charge on any atom is 0.331 e. The van der Waals surface area contributed by atoms with Crippen LogP contribution in [0.15, 0.2) is 48.5 Å². The number of methoxy groups -OCH3 is 1. The Morgan fingerprint density at radius 3 is 2.27 bits per heavy atom. The number of hydrogen-bond donors (Lipinski definition) is 0. The van der Waals surface area contributed by atoms with Gasteiger partial charge in [0, 0.05) is 11.6 Å². The number of Topliss-reactive ketones (excluding diaryl/α,β-unsaturated/α-hetero) is 1. The van der Waals surface area contributed by atoms with E-state index in [-0.39, 0.29) is 11.2 Å². The molecular weight excluding hydrogens is 380 g/mol. The van der Waals surface area contributed by atoms with E-state index >= 15 is 0 Å². The molecule has 0 aromatic heterocycles. The molecule has 5 nitrogen and oxygen atoms in total. The number of ether oxygens (including phenoxy) is 3. The minimum atomic E-state index is -0.877. The predicted molar refractivity (Wildman–Crippen MR) is 118 cm³/mol. The van der Waals surface area contributed by atoms with E-state index < -0.39 is 12.1 Å². The SMILES string of the molecule is CCOc1ccc(/C=C/C(=O)O[C@H](C)C(=O)c2ccc(C(C)(C)C)cc2)cc1OC. The number of hydrogen-bond acceptors (Lipinski definition) is 5. The Morgan fingerprint density at radius 2 is 1.70 bits per heavy atom. The number of ketones is 1. The molecule has 0 bridgehead atoms. The fourth-order valence-electron chi connectivity index (χ4n) is 2.86. The molecule has 2 aromatic rings. The van der Waals surface area contributed by atoms with E-state index in [0.717, 1.165) is 11.1 Å². The first-order valence-electron chi connectivity index (χ1n) is 10.00. The van der Waals surface area contributed by atoms with Crippen LogP contribution in [0.4, 0.5) is 0 Å². The summed E-state index contributed by atoms with van der Waals surface area (Å²) in [6.45, 7) is 10.3. The molecule has 0 heterocycles. The first-order chi connectivity index (χ1) is 14.2. The lowest BCUT2D eigenvalue weighted by atomic mass is 9.86. The van der Waals surface area contributed by atoms with Crippen molar-refractivity contribution in [3.63, 3.8) is 0 Å². The molecule has 0 amide bonds. The van der Waals surface area contributed by atoms with Gasteiger partial charge in [0.25, 0.3) is 0 Å². The van der Waals surface area contributed by atoms with E-state index in [1.165, 1.54) is 6.08 Å². The monoisotopic (exact) mass is 410 g/mol. The summed E-state index contributed by atoms with van der Waals surface area (Å²) < 4.78 is 16.1. The summed E-state index contributed by atoms with van der Waals surface area (Å²) in [5.74, 6) is 0.390. The van der Waals surface area contributed by atoms with Crippen molar-refractivity contribution < 1.29 is 23.8 Å². The van der Waals surface area contributed by atoms with Crippen LogP contribution in [0.1, 0.15) is 56.1 Å². The largest absolute Gasteiger partial charge is 0.493 e. The van der Waals surface area contributed by atoms with Crippen LogP contribution in [0, 0.1) is 0 Å². The van der Waals surface area contributed by atoms with E-state index in [1.807, 2.05) is 25.1 Å². The quantitative estimate of drug-likeness (QED) is 0.339. The third kappa shape index (κ3) is 6.21. The van der Waals surface area contributed by atoms with Crippen molar-refractivity contribution in [3.8, 4) is 11.5 Å². The summed E-state index contributed by atoms with van der Waals surface area (Å²) in [5.41, 5.74) is 2.42. The van der Waals surface area contributed by atoms with E-state index in [2.05, 4.69) is 20.8 Å². The molecule has 1 atom stereocenters. The van der Waals surface area contributed by atoms with Gasteiger partial charge in [-0.1, -0.05) is 51.1 Å². The van der Waals surface area contributed by atoms with Gasteiger partial charge in [-0.05, 0) is 48.6 Å². The molecule has 0 saturated carbocycles. The zero-order valence-electron chi connectivity index (χ0n) is 18.5. The number of rotatable bonds is 8. The predicted octanol–water partition coefficient (Wildman–Crippen LogP) is 5.22. The number of carbonyl (C=O) groups is 2. The van der Waals surface area contributed by atoms with Gasteiger partial charge in [-0.2, -0.15) is 0 Å². The van der Waals surface area contributed by atoms with Crippen LogP contribution in [0.25, 0.3) is 6.08 Å². The molecule has 0 unspecified atom stereocenters. The van der Waals surface area contributed by atoms with Gasteiger partial charge < -0.3 is 14.2 Å². The summed E-state index contributed by atoms with van der Waals surface area (Å²) in [5, 5.41) is 0. The van der Waals surface area contributed by atoms with Gasteiger partial charge in [-0.25, -0.2) is 4.79 Å². The van der Waals surface area contributed by atoms with E-state index in [4.69, 9.17) is 14.2 Å². The number of benzene rings is 2. The van der Waals surface area contributed by atoms with Gasteiger partial charge in [0.1, 0.15) is 0 Å². The van der Waals surface area contributed by atoms with Crippen LogP contribution in [0.5, 0.6) is 11.5 Å². The Bertz CT molecular complexity index is 904. The third-order valence-corrected chi connectivity index (χ3v) is 4.60. The molecule has 0 radical (unpaired) electrons. The van der Waals surface area contributed by atoms with Gasteiger partial charge in [-0.15, -0.1) is 0 Å². The summed E-state index contributed by atoms with van der Waals surface area (Å²) in [6, 6.07) is 12.8. The zero-order chi connectivity index (χ0) is 22.3. The second-order valence-electron chi connectivity index (χ2n) is 7.95. The van der Waals surface area contributed by atoms with Crippen molar-refractivity contribution >= 4 is 17.8 Å². The van der Waals surface area contributed by atoms with Crippen molar-refractivity contribution in [2.45, 2.75) is 46.1 Å². The molecule has 30 heavy (non-hydrogen) atoms. The van der Waals surface area contributed by atoms with Crippen LogP contribution in [-0.4, -0.2) is 31.6 Å². The molecule has 2 aromatic carbocycles. The van der Waals surface area contributed by atoms with Gasteiger partial charge in [0.05, 0.1) is 13.7 Å². The van der Waals surface area contributed by atoms with Crippen LogP contribution < -0.4 is 9.47 Å². The topological polar surface area (TPSA) is 61.8 Å². The normalized spacial score (nSPS) is 12.5. The minimum Gasteiger partial charge on any atom is -0.493 e. The fourth-order valence-corrected chi connectivity index (χ4v) is 2.86. The fraction of sp³-hybridized carbons (Fsp3) is 0.360. The second-order valence-corrected chi connectivity index (χ2v) is 7.95. The minimum absolute atomic E-state index is 0.00794. The highest BCUT2D eigenvalue weighted by molar-refractivity contribution is 6.01. The average molecular weight is 411 g/mol. The van der Waals surface area contributed by atoms with Crippen molar-refractivity contribution in [1.29, 1.82) is 0 Å². The Kier molecular flexibility index (Phi) is 7.81. The Hall–Kier alpha value is -3.08. The van der Waals surface area contributed by atoms with Crippen LogP contribution >= 0.6 is 0 Å². The van der Waals surface area contributed by atoms with Crippen LogP contribution in [0.3, 0.4) is 0 Å². The van der Waals surface area contributed by atoms with Gasteiger partial charge in [0.15, 0.2) is 17.6 Å². The molecular formula is C25H30O5. The molecule has 2 rings (SSSR count). The highest BCUT2D eigenvalue weighted by atomic mass is 16.5. The maximum absolute atomic E-state index is 12.6. The number of carbonyl (C=O) groups excluding carboxylic acids is 2. The molecule has 0 fully saturated rings. The summed E-state index contributed by atoms with van der Waals surface area (Å²) >= 11 is 0. The molecule has 0 aliphatic rings. The first-order valence-corrected chi connectivity index (χ1v) is 10.00. The lowest BCUT2D eigenvalue weighted by Crippen LogP contribution is -2.23. The maximum atomic E-state index is 12.6. The van der Waals surface area contributed by atoms with Gasteiger partial charge in [-0.3, -0.25) is 4.79 Å². The van der Waals surface area contributed by atoms with Gasteiger partial charge >= 0.3 is 5.97 Å². The lowest BCUT2D eigenvalue weighted by Gasteiger charge is -2.19. The van der Waals surface area contributed by atoms with Crippen molar-refractivity contribution in [3.05, 3.63) is 65.2 Å². The molecule has 0 aliphatic heterocycles. The second kappa shape index (κ2) is 10.1. The molecule has 160 valence electrons. The Morgan fingerprint density at radius 1 is 1.03 bits per heavy atom. The number of esters is 1. The molecule has 0 aliphatic carbocycles. The van der Waals surface area contributed by atoms with Gasteiger partial charge in [0.2, 0.25) is 5.78 Å². The van der Waals surface area contributed by atoms with Crippen molar-refractivity contribution in [1.82, 2.24) is 0 Å². The van der Waals surface area contributed by atoms with Crippen molar-refractivity contribution in [2.75, 3.05) is 13.7 Å². The van der Waals surface area contributed by atoms with Crippen LogP contribution in [0.2, 0.25) is 0 Å². The highest BCUT2D eigenvalue weighted by Crippen LogP contribution is 2.28. The zero-order valence-corrected chi connectivity index (χ0v) is 18.5. The average Bonchev–Trinajstić information content (AvgIpc) is 2.72. The van der Waals surface area contributed by atoms with Crippen molar-refractivity contribution in [2.24, 2.45) is 0 Å². The van der Waals surface area contributed by atoms with E-state index in [1.54, 1.807) is 44.4 Å². The first kappa shape index (κ1) is 23.2.